The Morgan fingerprint density at radius 1 is 1.20 bits per heavy atom. The first-order chi connectivity index (χ1) is 9.74. The highest BCUT2D eigenvalue weighted by atomic mass is 16.5. The van der Waals surface area contributed by atoms with Crippen LogP contribution in [0.1, 0.15) is 64.7 Å². The fourth-order valence-electron chi connectivity index (χ4n) is 3.56. The van der Waals surface area contributed by atoms with Gasteiger partial charge in [-0.25, -0.2) is 0 Å². The number of carbonyl (C=O) groups excluding carboxylic acids is 1. The van der Waals surface area contributed by atoms with Gasteiger partial charge in [-0.15, -0.1) is 0 Å². The predicted molar refractivity (Wildman–Crippen MR) is 80.4 cm³/mol. The fraction of sp³-hybridized carbons (Fsp3) is 0.938. The van der Waals surface area contributed by atoms with Gasteiger partial charge in [0.2, 0.25) is 5.91 Å². The Kier molecular flexibility index (Phi) is 6.30. The molecule has 116 valence electrons. The molecule has 2 fully saturated rings. The number of carbonyl (C=O) groups is 1. The van der Waals surface area contributed by atoms with Gasteiger partial charge in [0.15, 0.2) is 0 Å². The minimum atomic E-state index is -0.280. The lowest BCUT2D eigenvalue weighted by Gasteiger charge is -2.28. The van der Waals surface area contributed by atoms with Crippen molar-refractivity contribution < 1.29 is 9.53 Å². The quantitative estimate of drug-likeness (QED) is 0.786. The van der Waals surface area contributed by atoms with Crippen LogP contribution < -0.4 is 11.1 Å². The highest BCUT2D eigenvalue weighted by Crippen LogP contribution is 2.26. The Morgan fingerprint density at radius 2 is 1.95 bits per heavy atom. The van der Waals surface area contributed by atoms with E-state index in [-0.39, 0.29) is 24.2 Å². The zero-order valence-corrected chi connectivity index (χ0v) is 12.8. The maximum atomic E-state index is 12.4. The summed E-state index contributed by atoms with van der Waals surface area (Å²) in [5.74, 6) is 0.523. The Bertz CT molecular complexity index is 303. The molecule has 0 aromatic carbocycles. The lowest BCUT2D eigenvalue weighted by atomic mass is 9.97. The van der Waals surface area contributed by atoms with Crippen LogP contribution in [0.25, 0.3) is 0 Å². The van der Waals surface area contributed by atoms with E-state index >= 15 is 0 Å². The van der Waals surface area contributed by atoms with E-state index in [9.17, 15) is 4.79 Å². The van der Waals surface area contributed by atoms with Gasteiger partial charge in [0, 0.05) is 6.04 Å². The zero-order valence-electron chi connectivity index (χ0n) is 12.8. The van der Waals surface area contributed by atoms with Gasteiger partial charge in [-0.05, 0) is 44.6 Å². The molecule has 2 aliphatic rings. The summed E-state index contributed by atoms with van der Waals surface area (Å²) in [5, 5.41) is 3.18. The van der Waals surface area contributed by atoms with Gasteiger partial charge in [-0.3, -0.25) is 4.79 Å². The number of ether oxygens (including phenoxy) is 1. The van der Waals surface area contributed by atoms with E-state index in [1.165, 1.54) is 25.7 Å². The van der Waals surface area contributed by atoms with Crippen LogP contribution in [0.4, 0.5) is 0 Å². The third-order valence-electron chi connectivity index (χ3n) is 4.86. The molecule has 2 aliphatic carbocycles. The number of hydrogen-bond acceptors (Lipinski definition) is 3. The van der Waals surface area contributed by atoms with Gasteiger partial charge >= 0.3 is 0 Å². The molecule has 2 rings (SSSR count). The molecule has 1 amide bonds. The monoisotopic (exact) mass is 282 g/mol. The second-order valence-corrected chi connectivity index (χ2v) is 6.33. The summed E-state index contributed by atoms with van der Waals surface area (Å²) < 4.78 is 6.04. The third kappa shape index (κ3) is 4.19. The fourth-order valence-corrected chi connectivity index (χ4v) is 3.56. The standard InChI is InChI=1S/C16H30N2O2/c1-2-15(20-13-8-4-3-5-9-13)16(19)18-14-10-6-7-12(14)11-17/h12-15H,2-11,17H2,1H3,(H,18,19). The summed E-state index contributed by atoms with van der Waals surface area (Å²) in [6.45, 7) is 2.70. The maximum Gasteiger partial charge on any atom is 0.249 e. The van der Waals surface area contributed by atoms with Crippen molar-refractivity contribution in [3.05, 3.63) is 0 Å². The molecule has 4 nitrogen and oxygen atoms in total. The lowest BCUT2D eigenvalue weighted by molar-refractivity contribution is -0.139. The Hall–Kier alpha value is -0.610. The van der Waals surface area contributed by atoms with Crippen molar-refractivity contribution in [3.63, 3.8) is 0 Å². The summed E-state index contributed by atoms with van der Waals surface area (Å²) >= 11 is 0. The molecule has 3 unspecified atom stereocenters. The van der Waals surface area contributed by atoms with E-state index in [2.05, 4.69) is 5.32 Å². The van der Waals surface area contributed by atoms with Crippen LogP contribution >= 0.6 is 0 Å². The molecule has 0 aromatic rings. The number of rotatable bonds is 6. The molecule has 2 saturated carbocycles. The van der Waals surface area contributed by atoms with E-state index in [1.54, 1.807) is 0 Å². The van der Waals surface area contributed by atoms with Gasteiger partial charge in [0.1, 0.15) is 6.10 Å². The van der Waals surface area contributed by atoms with Crippen LogP contribution in [0.2, 0.25) is 0 Å². The summed E-state index contributed by atoms with van der Waals surface area (Å²) in [6, 6.07) is 0.261. The molecule has 0 radical (unpaired) electrons. The van der Waals surface area contributed by atoms with Crippen LogP contribution in [-0.4, -0.2) is 30.7 Å². The molecule has 3 N–H and O–H groups in total. The van der Waals surface area contributed by atoms with Crippen molar-refractivity contribution in [1.29, 1.82) is 0 Å². The second-order valence-electron chi connectivity index (χ2n) is 6.33. The number of amides is 1. The topological polar surface area (TPSA) is 64.3 Å². The average molecular weight is 282 g/mol. The molecule has 0 heterocycles. The van der Waals surface area contributed by atoms with Crippen molar-refractivity contribution in [2.75, 3.05) is 6.54 Å². The molecule has 0 bridgehead atoms. The van der Waals surface area contributed by atoms with E-state index in [0.29, 0.717) is 12.5 Å². The van der Waals surface area contributed by atoms with E-state index in [0.717, 1.165) is 32.1 Å². The highest BCUT2D eigenvalue weighted by molar-refractivity contribution is 5.81. The zero-order chi connectivity index (χ0) is 14.4. The highest BCUT2D eigenvalue weighted by Gasteiger charge is 2.30. The first-order valence-corrected chi connectivity index (χ1v) is 8.40. The van der Waals surface area contributed by atoms with E-state index in [1.807, 2.05) is 6.92 Å². The lowest BCUT2D eigenvalue weighted by Crippen LogP contribution is -2.46. The smallest absolute Gasteiger partial charge is 0.249 e. The minimum absolute atomic E-state index is 0.0726. The largest absolute Gasteiger partial charge is 0.365 e. The van der Waals surface area contributed by atoms with Crippen molar-refractivity contribution in [2.45, 2.75) is 83.0 Å². The van der Waals surface area contributed by atoms with Gasteiger partial charge < -0.3 is 15.8 Å². The summed E-state index contributed by atoms with van der Waals surface area (Å²) in [6.07, 6.45) is 10.1. The number of nitrogens with one attached hydrogen (secondary N) is 1. The Morgan fingerprint density at radius 3 is 2.60 bits per heavy atom. The molecule has 0 aromatic heterocycles. The molecule has 0 spiro atoms. The average Bonchev–Trinajstić information content (AvgIpc) is 2.92. The number of hydrogen-bond donors (Lipinski definition) is 2. The number of nitrogens with two attached hydrogens (primary N) is 1. The summed E-state index contributed by atoms with van der Waals surface area (Å²) in [5.41, 5.74) is 5.78. The SMILES string of the molecule is CCC(OC1CCCCC1)C(=O)NC1CCCC1CN. The van der Waals surface area contributed by atoms with E-state index < -0.39 is 0 Å². The molecular weight excluding hydrogens is 252 g/mol. The molecule has 0 aliphatic heterocycles. The van der Waals surface area contributed by atoms with Gasteiger partial charge in [-0.2, -0.15) is 0 Å². The summed E-state index contributed by atoms with van der Waals surface area (Å²) in [4.78, 5) is 12.4. The maximum absolute atomic E-state index is 12.4. The van der Waals surface area contributed by atoms with E-state index in [4.69, 9.17) is 10.5 Å². The van der Waals surface area contributed by atoms with Crippen LogP contribution in [0.5, 0.6) is 0 Å². The van der Waals surface area contributed by atoms with Gasteiger partial charge in [-0.1, -0.05) is 32.6 Å². The van der Waals surface area contributed by atoms with Crippen molar-refractivity contribution in [2.24, 2.45) is 11.7 Å². The van der Waals surface area contributed by atoms with Gasteiger partial charge in [0.25, 0.3) is 0 Å². The molecule has 20 heavy (non-hydrogen) atoms. The second kappa shape index (κ2) is 7.99. The van der Waals surface area contributed by atoms with Crippen molar-refractivity contribution >= 4 is 5.91 Å². The Labute approximate surface area is 122 Å². The Balaban J connectivity index is 1.81. The first-order valence-electron chi connectivity index (χ1n) is 8.40. The predicted octanol–water partition coefficient (Wildman–Crippen LogP) is 2.36. The summed E-state index contributed by atoms with van der Waals surface area (Å²) in [7, 11) is 0. The van der Waals surface area contributed by atoms with Crippen LogP contribution in [0.15, 0.2) is 0 Å². The molecule has 0 saturated heterocycles. The normalized spacial score (nSPS) is 29.3. The first kappa shape index (κ1) is 15.8. The molecule has 4 heteroatoms. The third-order valence-corrected chi connectivity index (χ3v) is 4.86. The van der Waals surface area contributed by atoms with Crippen molar-refractivity contribution in [3.8, 4) is 0 Å². The van der Waals surface area contributed by atoms with Crippen LogP contribution in [-0.2, 0) is 9.53 Å². The van der Waals surface area contributed by atoms with Crippen LogP contribution in [0, 0.1) is 5.92 Å². The molecule has 3 atom stereocenters. The van der Waals surface area contributed by atoms with Crippen LogP contribution in [0.3, 0.4) is 0 Å². The van der Waals surface area contributed by atoms with Crippen molar-refractivity contribution in [1.82, 2.24) is 5.32 Å². The minimum Gasteiger partial charge on any atom is -0.365 e. The molecular formula is C16H30N2O2. The van der Waals surface area contributed by atoms with Gasteiger partial charge in [0.05, 0.1) is 6.10 Å².